The van der Waals surface area contributed by atoms with Crippen LogP contribution in [0.25, 0.3) is 0 Å². The van der Waals surface area contributed by atoms with Gasteiger partial charge < -0.3 is 10.2 Å². The van der Waals surface area contributed by atoms with Gasteiger partial charge in [-0.05, 0) is 38.8 Å². The Hall–Kier alpha value is -0.150. The van der Waals surface area contributed by atoms with Gasteiger partial charge in [0.15, 0.2) is 0 Å². The highest BCUT2D eigenvalue weighted by atomic mass is 19.1. The van der Waals surface area contributed by atoms with Crippen LogP contribution in [0, 0.1) is 0 Å². The molecule has 2 nitrogen and oxygen atoms in total. The Bertz CT molecular complexity index is 139. The van der Waals surface area contributed by atoms with E-state index >= 15 is 0 Å². The minimum atomic E-state index is -0.180. The first-order valence-corrected chi connectivity index (χ1v) is 6.38. The van der Waals surface area contributed by atoms with Crippen LogP contribution in [-0.2, 0) is 0 Å². The Labute approximate surface area is 93.2 Å². The van der Waals surface area contributed by atoms with Crippen LogP contribution in [0.4, 0.5) is 4.39 Å². The smallest absolute Gasteiger partial charge is 0.0906 e. The monoisotopic (exact) mass is 216 g/mol. The molecule has 1 aliphatic rings. The van der Waals surface area contributed by atoms with Gasteiger partial charge in [-0.25, -0.2) is 0 Å². The summed E-state index contributed by atoms with van der Waals surface area (Å²) in [5, 5.41) is 3.50. The molecule has 1 heterocycles. The summed E-state index contributed by atoms with van der Waals surface area (Å²) in [6.07, 6.45) is 5.74. The van der Waals surface area contributed by atoms with E-state index in [1.165, 1.54) is 25.7 Å². The first-order chi connectivity index (χ1) is 7.36. The van der Waals surface area contributed by atoms with Crippen LogP contribution in [0.1, 0.15) is 39.0 Å². The lowest BCUT2D eigenvalue weighted by molar-refractivity contribution is 0.234. The van der Waals surface area contributed by atoms with Crippen molar-refractivity contribution in [1.82, 2.24) is 10.2 Å². The lowest BCUT2D eigenvalue weighted by Gasteiger charge is -2.25. The Morgan fingerprint density at radius 2 is 2.13 bits per heavy atom. The van der Waals surface area contributed by atoms with Crippen molar-refractivity contribution in [2.75, 3.05) is 32.9 Å². The zero-order valence-electron chi connectivity index (χ0n) is 9.97. The molecule has 1 aliphatic heterocycles. The fraction of sp³-hybridized carbons (Fsp3) is 1.00. The summed E-state index contributed by atoms with van der Waals surface area (Å²) in [5.74, 6) is 0. The normalized spacial score (nSPS) is 21.4. The van der Waals surface area contributed by atoms with Crippen LogP contribution in [0.3, 0.4) is 0 Å². The van der Waals surface area contributed by atoms with E-state index in [2.05, 4.69) is 17.1 Å². The fourth-order valence-corrected chi connectivity index (χ4v) is 2.18. The lowest BCUT2D eigenvalue weighted by Crippen LogP contribution is -2.38. The molecule has 1 saturated heterocycles. The van der Waals surface area contributed by atoms with Crippen molar-refractivity contribution in [3.63, 3.8) is 0 Å². The maximum absolute atomic E-state index is 12.1. The largest absolute Gasteiger partial charge is 0.313 e. The molecule has 1 unspecified atom stereocenters. The third kappa shape index (κ3) is 5.47. The van der Waals surface area contributed by atoms with Gasteiger partial charge in [-0.2, -0.15) is 0 Å². The number of alkyl halides is 1. The third-order valence-corrected chi connectivity index (χ3v) is 3.08. The second-order valence-electron chi connectivity index (χ2n) is 4.49. The standard InChI is InChI=1S/C12H25FN2/c1-2-3-9-15(10-5-7-13)11-12-6-4-8-14-12/h12,14H,2-11H2,1H3. The van der Waals surface area contributed by atoms with E-state index in [1.807, 2.05) is 0 Å². The Balaban J connectivity index is 2.19. The van der Waals surface area contributed by atoms with Gasteiger partial charge in [-0.15, -0.1) is 0 Å². The van der Waals surface area contributed by atoms with Gasteiger partial charge in [0.2, 0.25) is 0 Å². The van der Waals surface area contributed by atoms with Crippen molar-refractivity contribution in [3.05, 3.63) is 0 Å². The molecule has 0 spiro atoms. The molecule has 1 atom stereocenters. The Morgan fingerprint density at radius 3 is 2.73 bits per heavy atom. The number of nitrogens with zero attached hydrogens (tertiary/aromatic N) is 1. The maximum Gasteiger partial charge on any atom is 0.0906 e. The van der Waals surface area contributed by atoms with Crippen molar-refractivity contribution < 1.29 is 4.39 Å². The highest BCUT2D eigenvalue weighted by Gasteiger charge is 2.17. The molecule has 15 heavy (non-hydrogen) atoms. The van der Waals surface area contributed by atoms with Crippen molar-refractivity contribution in [2.24, 2.45) is 0 Å². The minimum Gasteiger partial charge on any atom is -0.313 e. The molecule has 1 fully saturated rings. The van der Waals surface area contributed by atoms with Crippen LogP contribution in [0.5, 0.6) is 0 Å². The van der Waals surface area contributed by atoms with Gasteiger partial charge in [-0.1, -0.05) is 13.3 Å². The van der Waals surface area contributed by atoms with Crippen LogP contribution in [0.15, 0.2) is 0 Å². The average molecular weight is 216 g/mol. The topological polar surface area (TPSA) is 15.3 Å². The van der Waals surface area contributed by atoms with E-state index in [0.717, 1.165) is 26.2 Å². The molecule has 0 bridgehead atoms. The SMILES string of the molecule is CCCCN(CCCF)CC1CCCN1. The first-order valence-electron chi connectivity index (χ1n) is 6.38. The Morgan fingerprint density at radius 1 is 1.33 bits per heavy atom. The summed E-state index contributed by atoms with van der Waals surface area (Å²) in [4.78, 5) is 2.42. The van der Waals surface area contributed by atoms with E-state index < -0.39 is 0 Å². The highest BCUT2D eigenvalue weighted by Crippen LogP contribution is 2.08. The summed E-state index contributed by atoms with van der Waals surface area (Å²) in [7, 11) is 0. The second-order valence-corrected chi connectivity index (χ2v) is 4.49. The number of nitrogens with one attached hydrogen (secondary N) is 1. The summed E-state index contributed by atoms with van der Waals surface area (Å²) < 4.78 is 12.1. The quantitative estimate of drug-likeness (QED) is 0.669. The molecule has 3 heteroatoms. The van der Waals surface area contributed by atoms with Gasteiger partial charge in [0, 0.05) is 19.1 Å². The van der Waals surface area contributed by atoms with Gasteiger partial charge in [0.1, 0.15) is 0 Å². The van der Waals surface area contributed by atoms with E-state index in [-0.39, 0.29) is 6.67 Å². The molecular formula is C12H25FN2. The number of hydrogen-bond acceptors (Lipinski definition) is 2. The molecule has 0 saturated carbocycles. The summed E-state index contributed by atoms with van der Waals surface area (Å²) >= 11 is 0. The molecule has 0 aromatic rings. The minimum absolute atomic E-state index is 0.180. The van der Waals surface area contributed by atoms with Gasteiger partial charge >= 0.3 is 0 Å². The van der Waals surface area contributed by atoms with Gasteiger partial charge in [0.25, 0.3) is 0 Å². The van der Waals surface area contributed by atoms with Crippen molar-refractivity contribution in [3.8, 4) is 0 Å². The number of halogens is 1. The fourth-order valence-electron chi connectivity index (χ4n) is 2.18. The van der Waals surface area contributed by atoms with Gasteiger partial charge in [0.05, 0.1) is 6.67 Å². The molecular weight excluding hydrogens is 191 g/mol. The Kier molecular flexibility index (Phi) is 6.94. The zero-order valence-corrected chi connectivity index (χ0v) is 9.97. The van der Waals surface area contributed by atoms with Crippen LogP contribution in [0.2, 0.25) is 0 Å². The van der Waals surface area contributed by atoms with Crippen LogP contribution < -0.4 is 5.32 Å². The molecule has 0 aromatic carbocycles. The molecule has 0 radical (unpaired) electrons. The molecule has 0 aliphatic carbocycles. The van der Waals surface area contributed by atoms with Gasteiger partial charge in [-0.3, -0.25) is 4.39 Å². The number of rotatable bonds is 8. The van der Waals surface area contributed by atoms with Crippen molar-refractivity contribution in [2.45, 2.75) is 45.1 Å². The highest BCUT2D eigenvalue weighted by molar-refractivity contribution is 4.77. The number of hydrogen-bond donors (Lipinski definition) is 1. The molecule has 90 valence electrons. The van der Waals surface area contributed by atoms with E-state index in [0.29, 0.717) is 12.5 Å². The first kappa shape index (κ1) is 12.9. The van der Waals surface area contributed by atoms with Crippen LogP contribution >= 0.6 is 0 Å². The van der Waals surface area contributed by atoms with Crippen molar-refractivity contribution in [1.29, 1.82) is 0 Å². The average Bonchev–Trinajstić information content (AvgIpc) is 2.74. The summed E-state index contributed by atoms with van der Waals surface area (Å²) in [5.41, 5.74) is 0. The maximum atomic E-state index is 12.1. The predicted octanol–water partition coefficient (Wildman–Crippen LogP) is 2.20. The molecule has 0 amide bonds. The van der Waals surface area contributed by atoms with E-state index in [4.69, 9.17) is 0 Å². The molecule has 0 aromatic heterocycles. The summed E-state index contributed by atoms with van der Waals surface area (Å²) in [6, 6.07) is 0.654. The summed E-state index contributed by atoms with van der Waals surface area (Å²) in [6.45, 7) is 6.36. The molecule has 1 rings (SSSR count). The predicted molar refractivity (Wildman–Crippen MR) is 63.0 cm³/mol. The number of unbranched alkanes of at least 4 members (excludes halogenated alkanes) is 1. The molecule has 1 N–H and O–H groups in total. The zero-order chi connectivity index (χ0) is 10.9. The van der Waals surface area contributed by atoms with E-state index in [9.17, 15) is 4.39 Å². The van der Waals surface area contributed by atoms with E-state index in [1.54, 1.807) is 0 Å². The van der Waals surface area contributed by atoms with Crippen LogP contribution in [-0.4, -0.2) is 43.8 Å². The van der Waals surface area contributed by atoms with Crippen molar-refractivity contribution >= 4 is 0 Å². The lowest BCUT2D eigenvalue weighted by atomic mass is 10.2. The third-order valence-electron chi connectivity index (χ3n) is 3.08. The second kappa shape index (κ2) is 8.05.